The van der Waals surface area contributed by atoms with Crippen LogP contribution in [-0.4, -0.2) is 8.07 Å². The van der Waals surface area contributed by atoms with E-state index in [1.807, 2.05) is 0 Å². The molecule has 0 nitrogen and oxygen atoms in total. The second-order valence-electron chi connectivity index (χ2n) is 2.82. The number of hydrogen-bond donors (Lipinski definition) is 0. The molecule has 0 aromatic rings. The molecule has 0 heterocycles. The Kier molecular flexibility index (Phi) is 2.83. The molecule has 0 bridgehead atoms. The summed E-state index contributed by atoms with van der Waals surface area (Å²) in [4.78, 5) is 0. The Labute approximate surface area is 59.5 Å². The lowest BCUT2D eigenvalue weighted by molar-refractivity contribution is 0.601. The van der Waals surface area contributed by atoms with Gasteiger partial charge in [-0.25, -0.2) is 4.39 Å². The third-order valence-electron chi connectivity index (χ3n) is 0.824. The Bertz CT molecular complexity index is 132. The van der Waals surface area contributed by atoms with Gasteiger partial charge in [-0.1, -0.05) is 19.6 Å². The van der Waals surface area contributed by atoms with Gasteiger partial charge in [-0.2, -0.15) is 4.39 Å². The Morgan fingerprint density at radius 3 is 1.56 bits per heavy atom. The molecule has 0 spiro atoms. The van der Waals surface area contributed by atoms with Crippen LogP contribution in [0.4, 0.5) is 8.78 Å². The zero-order valence-electron chi connectivity index (χ0n) is 5.63. The molecule has 4 heteroatoms. The van der Waals surface area contributed by atoms with Gasteiger partial charge in [-0.3, -0.25) is 0 Å². The van der Waals surface area contributed by atoms with Crippen molar-refractivity contribution in [2.75, 3.05) is 0 Å². The van der Waals surface area contributed by atoms with Gasteiger partial charge < -0.3 is 0 Å². The fourth-order valence-corrected chi connectivity index (χ4v) is 1.70. The van der Waals surface area contributed by atoms with E-state index in [2.05, 4.69) is 0 Å². The van der Waals surface area contributed by atoms with Crippen LogP contribution in [0.3, 0.4) is 0 Å². The van der Waals surface area contributed by atoms with Crippen LogP contribution in [-0.2, 0) is 0 Å². The molecule has 0 saturated heterocycles. The first kappa shape index (κ1) is 9.11. The van der Waals surface area contributed by atoms with Crippen LogP contribution in [0.5, 0.6) is 0 Å². The fourth-order valence-electron chi connectivity index (χ4n) is 0.283. The third-order valence-corrected chi connectivity index (χ3v) is 2.69. The minimum atomic E-state index is -2.12. The Hall–Kier alpha value is 0.107. The van der Waals surface area contributed by atoms with E-state index in [-0.39, 0.29) is 0 Å². The first-order valence-corrected chi connectivity index (χ1v) is 6.44. The van der Waals surface area contributed by atoms with Crippen molar-refractivity contribution in [3.63, 3.8) is 0 Å². The van der Waals surface area contributed by atoms with E-state index in [0.717, 1.165) is 0 Å². The molecule has 0 atom stereocenters. The summed E-state index contributed by atoms with van der Waals surface area (Å²) < 4.78 is 24.4. The fraction of sp³-hybridized carbons (Fsp3) is 0.600. The van der Waals surface area contributed by atoms with E-state index in [4.69, 9.17) is 11.6 Å². The zero-order chi connectivity index (χ0) is 7.65. The highest BCUT2D eigenvalue weighted by Crippen LogP contribution is 2.22. The summed E-state index contributed by atoms with van der Waals surface area (Å²) >= 11 is 4.79. The second kappa shape index (κ2) is 2.79. The van der Waals surface area contributed by atoms with Crippen LogP contribution in [0.25, 0.3) is 0 Å². The van der Waals surface area contributed by atoms with Crippen LogP contribution in [0, 0.1) is 0 Å². The molecule has 0 radical (unpaired) electrons. The van der Waals surface area contributed by atoms with Gasteiger partial charge in [0.1, 0.15) is 13.5 Å². The Morgan fingerprint density at radius 2 is 1.56 bits per heavy atom. The summed E-state index contributed by atoms with van der Waals surface area (Å²) in [6.07, 6.45) is 0. The minimum Gasteiger partial charge on any atom is -0.213 e. The van der Waals surface area contributed by atoms with E-state index in [9.17, 15) is 8.78 Å². The van der Waals surface area contributed by atoms with E-state index in [0.29, 0.717) is 0 Å². The first-order chi connectivity index (χ1) is 3.85. The maximum absolute atomic E-state index is 12.5. The predicted octanol–water partition coefficient (Wildman–Crippen LogP) is 3.21. The van der Waals surface area contributed by atoms with E-state index >= 15 is 0 Å². The lowest BCUT2D eigenvalue weighted by Gasteiger charge is -2.10. The number of halogens is 3. The quantitative estimate of drug-likeness (QED) is 0.531. The molecule has 0 aromatic carbocycles. The molecule has 0 amide bonds. The van der Waals surface area contributed by atoms with Crippen molar-refractivity contribution < 1.29 is 8.78 Å². The largest absolute Gasteiger partial charge is 0.215 e. The van der Waals surface area contributed by atoms with E-state index in [1.54, 1.807) is 19.6 Å². The highest BCUT2D eigenvalue weighted by atomic mass is 35.5. The van der Waals surface area contributed by atoms with Crippen LogP contribution in [0.2, 0.25) is 19.6 Å². The van der Waals surface area contributed by atoms with Crippen molar-refractivity contribution in [3.05, 3.63) is 10.7 Å². The Morgan fingerprint density at radius 1 is 1.22 bits per heavy atom. The topological polar surface area (TPSA) is 0 Å². The summed E-state index contributed by atoms with van der Waals surface area (Å²) in [5.41, 5.74) is -0.760. The van der Waals surface area contributed by atoms with Gasteiger partial charge in [0.15, 0.2) is 0 Å². The van der Waals surface area contributed by atoms with Gasteiger partial charge in [0.2, 0.25) is 5.29 Å². The van der Waals surface area contributed by atoms with Gasteiger partial charge >= 0.3 is 0 Å². The number of hydrogen-bond acceptors (Lipinski definition) is 0. The van der Waals surface area contributed by atoms with Gasteiger partial charge in [0, 0.05) is 0 Å². The maximum Gasteiger partial charge on any atom is 0.215 e. The van der Waals surface area contributed by atoms with Gasteiger partial charge in [-0.05, 0) is 11.6 Å². The monoisotopic (exact) mass is 170 g/mol. The average molecular weight is 171 g/mol. The van der Waals surface area contributed by atoms with Gasteiger partial charge in [-0.15, -0.1) is 0 Å². The van der Waals surface area contributed by atoms with Crippen LogP contribution in [0.1, 0.15) is 0 Å². The Balaban J connectivity index is 4.40. The van der Waals surface area contributed by atoms with Crippen molar-refractivity contribution in [1.82, 2.24) is 0 Å². The summed E-state index contributed by atoms with van der Waals surface area (Å²) in [5.74, 6) is 0. The SMILES string of the molecule is C[Si](C)(C)/C(F)=C(\F)Cl. The number of rotatable bonds is 1. The average Bonchev–Trinajstić information content (AvgIpc) is 1.62. The predicted molar refractivity (Wildman–Crippen MR) is 38.4 cm³/mol. The summed E-state index contributed by atoms with van der Waals surface area (Å²) in [7, 11) is -2.12. The molecule has 0 aliphatic carbocycles. The third kappa shape index (κ3) is 2.96. The normalized spacial score (nSPS) is 15.3. The smallest absolute Gasteiger partial charge is 0.213 e. The molecular weight excluding hydrogens is 162 g/mol. The summed E-state index contributed by atoms with van der Waals surface area (Å²) in [6.45, 7) is 5.05. The van der Waals surface area contributed by atoms with Crippen molar-refractivity contribution >= 4 is 19.7 Å². The van der Waals surface area contributed by atoms with Crippen LogP contribution >= 0.6 is 11.6 Å². The molecule has 0 unspecified atom stereocenters. The molecule has 0 saturated carbocycles. The minimum absolute atomic E-state index is 0.760. The molecule has 0 rings (SSSR count). The van der Waals surface area contributed by atoms with Crippen LogP contribution in [0.15, 0.2) is 10.7 Å². The molecule has 0 aliphatic rings. The molecular formula is C5H9ClF2Si. The molecule has 0 aromatic heterocycles. The standard InChI is InChI=1S/C5H9ClF2Si/c1-9(2,3)5(8)4(6)7/h1-3H3/b5-4-. The lowest BCUT2D eigenvalue weighted by Crippen LogP contribution is -2.21. The molecule has 9 heavy (non-hydrogen) atoms. The molecule has 0 N–H and O–H groups in total. The first-order valence-electron chi connectivity index (χ1n) is 2.57. The maximum atomic E-state index is 12.5. The van der Waals surface area contributed by atoms with E-state index in [1.165, 1.54) is 0 Å². The van der Waals surface area contributed by atoms with Gasteiger partial charge in [0.25, 0.3) is 0 Å². The zero-order valence-corrected chi connectivity index (χ0v) is 7.39. The highest BCUT2D eigenvalue weighted by Gasteiger charge is 2.23. The molecule has 54 valence electrons. The van der Waals surface area contributed by atoms with Gasteiger partial charge in [0.05, 0.1) is 0 Å². The molecule has 0 fully saturated rings. The summed E-state index contributed by atoms with van der Waals surface area (Å²) in [6, 6.07) is 0. The van der Waals surface area contributed by atoms with Crippen molar-refractivity contribution in [2.45, 2.75) is 19.6 Å². The van der Waals surface area contributed by atoms with Crippen LogP contribution < -0.4 is 0 Å². The molecule has 0 aliphatic heterocycles. The highest BCUT2D eigenvalue weighted by molar-refractivity contribution is 6.83. The second-order valence-corrected chi connectivity index (χ2v) is 8.10. The van der Waals surface area contributed by atoms with Crippen molar-refractivity contribution in [2.24, 2.45) is 0 Å². The van der Waals surface area contributed by atoms with Crippen molar-refractivity contribution in [3.8, 4) is 0 Å². The van der Waals surface area contributed by atoms with E-state index < -0.39 is 18.8 Å². The lowest BCUT2D eigenvalue weighted by atomic mass is 11.1. The van der Waals surface area contributed by atoms with Crippen molar-refractivity contribution in [1.29, 1.82) is 0 Å². The summed E-state index contributed by atoms with van der Waals surface area (Å²) in [5, 5.41) is -1.19.